The van der Waals surface area contributed by atoms with Crippen LogP contribution in [0.1, 0.15) is 27.8 Å². The minimum Gasteiger partial charge on any atom is -0.143 e. The van der Waals surface area contributed by atoms with Gasteiger partial charge in [-0.2, -0.15) is 0 Å². The van der Waals surface area contributed by atoms with E-state index in [4.69, 9.17) is 162 Å². The Balaban J connectivity index is 2.13. The lowest BCUT2D eigenvalue weighted by atomic mass is 9.84. The van der Waals surface area contributed by atoms with Gasteiger partial charge in [0.05, 0.1) is 76.2 Å². The molecule has 4 aromatic rings. The molecule has 0 aliphatic rings. The van der Waals surface area contributed by atoms with Crippen LogP contribution in [0.15, 0.2) is 29.2 Å². The molecule has 0 atom stereocenters. The second-order valence-electron chi connectivity index (χ2n) is 8.23. The van der Waals surface area contributed by atoms with Gasteiger partial charge in [0.15, 0.2) is 0 Å². The zero-order chi connectivity index (χ0) is 31.4. The molecule has 0 bridgehead atoms. The van der Waals surface area contributed by atoms with Crippen LogP contribution in [0.3, 0.4) is 0 Å². The Morgan fingerprint density at radius 2 is 0.667 bits per heavy atom. The number of halogens is 14. The minimum absolute atomic E-state index is 0.00132. The summed E-state index contributed by atoms with van der Waals surface area (Å²) in [5, 5.41) is -1.57. The van der Waals surface area contributed by atoms with Gasteiger partial charge in [0, 0.05) is 27.1 Å². The second kappa shape index (κ2) is 14.4. The molecule has 0 saturated carbocycles. The quantitative estimate of drug-likeness (QED) is 0.0668. The van der Waals surface area contributed by atoms with E-state index in [0.29, 0.717) is 5.56 Å². The Morgan fingerprint density at radius 3 is 1.00 bits per heavy atom. The van der Waals surface area contributed by atoms with Crippen LogP contribution in [0.25, 0.3) is 12.2 Å². The van der Waals surface area contributed by atoms with E-state index in [9.17, 15) is 0 Å². The lowest BCUT2D eigenvalue weighted by Crippen LogP contribution is -2.12. The summed E-state index contributed by atoms with van der Waals surface area (Å²) < 4.78 is 0. The Morgan fingerprint density at radius 1 is 0.381 bits per heavy atom. The van der Waals surface area contributed by atoms with Crippen LogP contribution in [0.5, 0.6) is 0 Å². The van der Waals surface area contributed by atoms with E-state index in [2.05, 4.69) is 12.6 Å². The molecule has 0 nitrogen and oxygen atoms in total. The third kappa shape index (κ3) is 6.57. The SMILES string of the molecule is Sc1ccc(/C=C/c2c(Cl)c(Cl)c([C](c3c(Cl)c(Cl)c(Cl)c(Cl)c3Cl)c3c(Cl)c(Cl)c(Cl)c(Cl)c3Cl)c(Cl)c2Cl)cc1. The summed E-state index contributed by atoms with van der Waals surface area (Å²) in [5.41, 5.74) is 1.09. The highest BCUT2D eigenvalue weighted by molar-refractivity contribution is 7.80. The van der Waals surface area contributed by atoms with E-state index in [1.54, 1.807) is 12.2 Å². The summed E-state index contributed by atoms with van der Waals surface area (Å²) in [4.78, 5) is 0.793. The molecular weight excluding hydrogens is 853 g/mol. The van der Waals surface area contributed by atoms with Crippen molar-refractivity contribution in [2.24, 2.45) is 0 Å². The topological polar surface area (TPSA) is 0 Å². The molecule has 219 valence electrons. The average Bonchev–Trinajstić information content (AvgIpc) is 2.96. The summed E-state index contributed by atoms with van der Waals surface area (Å²) in [6.45, 7) is 0. The molecule has 0 amide bonds. The maximum absolute atomic E-state index is 6.91. The first-order valence-corrected chi connectivity index (χ1v) is 16.6. The van der Waals surface area contributed by atoms with Crippen LogP contribution < -0.4 is 0 Å². The lowest BCUT2D eigenvalue weighted by Gasteiger charge is -2.28. The van der Waals surface area contributed by atoms with Crippen molar-refractivity contribution < 1.29 is 0 Å². The van der Waals surface area contributed by atoms with Gasteiger partial charge >= 0.3 is 0 Å². The summed E-state index contributed by atoms with van der Waals surface area (Å²) >= 11 is 96.7. The van der Waals surface area contributed by atoms with Crippen molar-refractivity contribution in [2.45, 2.75) is 4.90 Å². The number of hydrogen-bond acceptors (Lipinski definition) is 1. The van der Waals surface area contributed by atoms with Crippen molar-refractivity contribution in [2.75, 3.05) is 0 Å². The van der Waals surface area contributed by atoms with Crippen LogP contribution in [-0.4, -0.2) is 0 Å². The highest BCUT2D eigenvalue weighted by Gasteiger charge is 2.37. The highest BCUT2D eigenvalue weighted by atomic mass is 35.5. The molecule has 4 aromatic carbocycles. The minimum atomic E-state index is -0.156. The lowest BCUT2D eigenvalue weighted by molar-refractivity contribution is 1.23. The van der Waals surface area contributed by atoms with Crippen molar-refractivity contribution in [3.63, 3.8) is 0 Å². The third-order valence-electron chi connectivity index (χ3n) is 5.80. The molecule has 42 heavy (non-hydrogen) atoms. The Hall–Kier alpha value is 1.03. The van der Waals surface area contributed by atoms with Gasteiger partial charge < -0.3 is 0 Å². The monoisotopic (exact) mass is 853 g/mol. The number of rotatable bonds is 5. The fourth-order valence-electron chi connectivity index (χ4n) is 3.80. The van der Waals surface area contributed by atoms with E-state index in [-0.39, 0.29) is 92.9 Å². The normalized spacial score (nSPS) is 11.8. The van der Waals surface area contributed by atoms with E-state index in [1.165, 1.54) is 0 Å². The predicted octanol–water partition coefficient (Wildman–Crippen LogP) is 16.3. The van der Waals surface area contributed by atoms with Crippen molar-refractivity contribution in [1.29, 1.82) is 0 Å². The van der Waals surface area contributed by atoms with Gasteiger partial charge in [0.1, 0.15) is 0 Å². The molecule has 0 heterocycles. The molecule has 0 aliphatic carbocycles. The van der Waals surface area contributed by atoms with Gasteiger partial charge in [-0.3, -0.25) is 0 Å². The van der Waals surface area contributed by atoms with Gasteiger partial charge in [-0.1, -0.05) is 187 Å². The average molecular weight is 860 g/mol. The molecule has 0 unspecified atom stereocenters. The van der Waals surface area contributed by atoms with Gasteiger partial charge in [0.25, 0.3) is 0 Å². The molecular formula is C27H7Cl14S. The van der Waals surface area contributed by atoms with Crippen molar-refractivity contribution in [1.82, 2.24) is 0 Å². The molecule has 0 spiro atoms. The first kappa shape index (κ1) is 35.9. The molecule has 0 N–H and O–H groups in total. The maximum Gasteiger partial charge on any atom is 0.0809 e. The molecule has 1 radical (unpaired) electrons. The predicted molar refractivity (Wildman–Crippen MR) is 193 cm³/mol. The molecule has 0 aliphatic heterocycles. The Kier molecular flexibility index (Phi) is 12.3. The first-order valence-electron chi connectivity index (χ1n) is 10.9. The maximum atomic E-state index is 6.91. The van der Waals surface area contributed by atoms with Gasteiger partial charge in [-0.25, -0.2) is 0 Å². The summed E-state index contributed by atoms with van der Waals surface area (Å²) in [6.07, 6.45) is 3.40. The van der Waals surface area contributed by atoms with E-state index >= 15 is 0 Å². The van der Waals surface area contributed by atoms with Crippen molar-refractivity contribution in [3.8, 4) is 0 Å². The molecule has 0 aromatic heterocycles. The smallest absolute Gasteiger partial charge is 0.0809 e. The number of thiol groups is 1. The summed E-state index contributed by atoms with van der Waals surface area (Å²) in [5.74, 6) is -0.0142. The molecule has 4 rings (SSSR count). The number of benzene rings is 4. The zero-order valence-corrected chi connectivity index (χ0v) is 31.2. The molecule has 15 heteroatoms. The van der Waals surface area contributed by atoms with Crippen LogP contribution in [0, 0.1) is 5.92 Å². The molecule has 0 saturated heterocycles. The first-order chi connectivity index (χ1) is 19.6. The Labute approximate surface area is 316 Å². The standard InChI is InChI=1S/C27H7Cl14S/c28-14-9(6-3-7-1-4-8(42)5-2-7)15(29)17(31)11(16(14)30)10(12-18(32)22(36)26(40)23(37)19(12)33)13-20(34)24(38)27(41)25(39)21(13)35/h1-6,42H/b6-3+. The van der Waals surface area contributed by atoms with Gasteiger partial charge in [-0.15, -0.1) is 12.6 Å². The fraction of sp³-hybridized carbons (Fsp3) is 0. The van der Waals surface area contributed by atoms with Gasteiger partial charge in [0.2, 0.25) is 0 Å². The zero-order valence-electron chi connectivity index (χ0n) is 19.7. The fourth-order valence-corrected chi connectivity index (χ4v) is 7.79. The Bertz CT molecular complexity index is 1620. The van der Waals surface area contributed by atoms with E-state index in [1.807, 2.05) is 24.3 Å². The third-order valence-corrected chi connectivity index (χ3v) is 12.4. The molecule has 0 fully saturated rings. The highest BCUT2D eigenvalue weighted by Crippen LogP contribution is 2.57. The van der Waals surface area contributed by atoms with Crippen molar-refractivity contribution in [3.05, 3.63) is 128 Å². The second-order valence-corrected chi connectivity index (χ2v) is 14.0. The van der Waals surface area contributed by atoms with Crippen molar-refractivity contribution >= 4 is 187 Å². The largest absolute Gasteiger partial charge is 0.143 e. The van der Waals surface area contributed by atoms with Crippen LogP contribution in [-0.2, 0) is 0 Å². The number of hydrogen-bond donors (Lipinski definition) is 1. The van der Waals surface area contributed by atoms with Crippen LogP contribution >= 0.6 is 175 Å². The van der Waals surface area contributed by atoms with E-state index in [0.717, 1.165) is 10.5 Å². The summed E-state index contributed by atoms with van der Waals surface area (Å²) in [7, 11) is 0. The van der Waals surface area contributed by atoms with Crippen LogP contribution in [0.2, 0.25) is 70.3 Å². The van der Waals surface area contributed by atoms with E-state index < -0.39 is 0 Å². The summed E-state index contributed by atoms with van der Waals surface area (Å²) in [6, 6.07) is 7.34. The van der Waals surface area contributed by atoms with Gasteiger partial charge in [-0.05, 0) is 17.7 Å². The van der Waals surface area contributed by atoms with Crippen LogP contribution in [0.4, 0.5) is 0 Å².